The number of aromatic nitrogens is 6. The van der Waals surface area contributed by atoms with Crippen LogP contribution in [0.4, 0.5) is 13.2 Å². The number of pyridine rings is 1. The number of hydrogen-bond acceptors (Lipinski definition) is 5. The number of nitrogens with zero attached hydrogens (tertiary/aromatic N) is 7. The Balaban J connectivity index is 0.000000431. The van der Waals surface area contributed by atoms with Crippen molar-refractivity contribution < 1.29 is 27.9 Å². The lowest BCUT2D eigenvalue weighted by molar-refractivity contribution is -0.192. The maximum Gasteiger partial charge on any atom is 0.490 e. The molecule has 41 heavy (non-hydrogen) atoms. The van der Waals surface area contributed by atoms with Crippen LogP contribution in [-0.4, -0.2) is 70.1 Å². The Morgan fingerprint density at radius 1 is 1.07 bits per heavy atom. The zero-order valence-corrected chi connectivity index (χ0v) is 22.8. The Morgan fingerprint density at radius 2 is 1.80 bits per heavy atom. The fraction of sp³-hybridized carbons (Fsp3) is 0.296. The molecule has 4 aromatic heterocycles. The summed E-state index contributed by atoms with van der Waals surface area (Å²) in [5.74, 6) is -1.72. The first-order chi connectivity index (χ1) is 19.5. The van der Waals surface area contributed by atoms with Crippen molar-refractivity contribution in [3.8, 4) is 11.4 Å². The highest BCUT2D eigenvalue weighted by molar-refractivity contribution is 6.30. The SMILES string of the molecule is CCC(=O)N1CC(n2ccc(-c3cc4c(ccc5nnc(C)n54)n3Cc3cccc(Cl)c3)n2)C1.O=C(O)C(F)(F)F. The largest absolute Gasteiger partial charge is 0.490 e. The monoisotopic (exact) mass is 587 g/mol. The molecule has 0 saturated carbocycles. The lowest BCUT2D eigenvalue weighted by Gasteiger charge is -2.39. The summed E-state index contributed by atoms with van der Waals surface area (Å²) in [5, 5.41) is 21.3. The smallest absolute Gasteiger partial charge is 0.475 e. The number of carboxylic acids is 1. The molecule has 0 unspecified atom stereocenters. The molecule has 5 aromatic rings. The molecule has 0 aliphatic carbocycles. The van der Waals surface area contributed by atoms with Crippen LogP contribution in [0.25, 0.3) is 28.1 Å². The molecule has 0 atom stereocenters. The molecule has 1 N–H and O–H groups in total. The van der Waals surface area contributed by atoms with Gasteiger partial charge in [-0.05, 0) is 48.9 Å². The van der Waals surface area contributed by atoms with E-state index in [1.54, 1.807) is 0 Å². The van der Waals surface area contributed by atoms with Gasteiger partial charge in [0.15, 0.2) is 5.65 Å². The van der Waals surface area contributed by atoms with Crippen molar-refractivity contribution in [1.82, 2.24) is 33.8 Å². The first-order valence-electron chi connectivity index (χ1n) is 12.7. The average Bonchev–Trinajstić information content (AvgIpc) is 3.60. The van der Waals surface area contributed by atoms with E-state index in [1.165, 1.54) is 0 Å². The summed E-state index contributed by atoms with van der Waals surface area (Å²) in [4.78, 5) is 22.7. The Kier molecular flexibility index (Phi) is 7.47. The highest BCUT2D eigenvalue weighted by atomic mass is 35.5. The first kappa shape index (κ1) is 28.1. The number of likely N-dealkylation sites (tertiary alicyclic amines) is 1. The van der Waals surface area contributed by atoms with Gasteiger partial charge in [0.25, 0.3) is 0 Å². The number of alkyl halides is 3. The molecule has 1 aliphatic heterocycles. The van der Waals surface area contributed by atoms with Crippen LogP contribution in [0.5, 0.6) is 0 Å². The molecule has 1 fully saturated rings. The Labute approximate surface area is 236 Å². The second-order valence-corrected chi connectivity index (χ2v) is 10.0. The van der Waals surface area contributed by atoms with Gasteiger partial charge in [0.1, 0.15) is 11.5 Å². The third-order valence-electron chi connectivity index (χ3n) is 6.83. The van der Waals surface area contributed by atoms with Crippen LogP contribution in [0.3, 0.4) is 0 Å². The summed E-state index contributed by atoms with van der Waals surface area (Å²) >= 11 is 6.28. The molecule has 0 bridgehead atoms. The summed E-state index contributed by atoms with van der Waals surface area (Å²) < 4.78 is 38.1. The topological polar surface area (TPSA) is 111 Å². The standard InChI is InChI=1S/C25H24ClN7O.C2HF3O2/c1-3-25(34)30-14-19(15-30)32-10-9-20(29-32)22-12-23-21(7-8-24-28-27-16(2)33(23)24)31(22)13-17-5-4-6-18(26)11-17;3-2(4,5)1(6)7/h4-12,19H,3,13-15H2,1-2H3;(H,6,7). The van der Waals surface area contributed by atoms with Gasteiger partial charge in [0.05, 0.1) is 22.8 Å². The lowest BCUT2D eigenvalue weighted by Crippen LogP contribution is -2.50. The van der Waals surface area contributed by atoms with Crippen molar-refractivity contribution in [2.24, 2.45) is 0 Å². The van der Waals surface area contributed by atoms with Gasteiger partial charge in [-0.1, -0.05) is 30.7 Å². The van der Waals surface area contributed by atoms with Gasteiger partial charge in [-0.15, -0.1) is 10.2 Å². The van der Waals surface area contributed by atoms with Crippen LogP contribution in [0.2, 0.25) is 5.02 Å². The fourth-order valence-electron chi connectivity index (χ4n) is 4.77. The predicted octanol–water partition coefficient (Wildman–Crippen LogP) is 4.98. The number of fused-ring (bicyclic) bond motifs is 3. The van der Waals surface area contributed by atoms with Crippen molar-refractivity contribution in [2.45, 2.75) is 39.0 Å². The summed E-state index contributed by atoms with van der Waals surface area (Å²) in [6.45, 7) is 5.93. The Bertz CT molecular complexity index is 1750. The second-order valence-electron chi connectivity index (χ2n) is 9.58. The van der Waals surface area contributed by atoms with Crippen LogP contribution in [0.1, 0.15) is 30.8 Å². The average molecular weight is 588 g/mol. The van der Waals surface area contributed by atoms with E-state index in [0.29, 0.717) is 31.1 Å². The summed E-state index contributed by atoms with van der Waals surface area (Å²) in [6, 6.07) is 16.4. The Morgan fingerprint density at radius 3 is 2.46 bits per heavy atom. The molecule has 10 nitrogen and oxygen atoms in total. The van der Waals surface area contributed by atoms with Crippen LogP contribution in [0, 0.1) is 6.92 Å². The van der Waals surface area contributed by atoms with Crippen molar-refractivity contribution in [2.75, 3.05) is 13.1 Å². The van der Waals surface area contributed by atoms with Gasteiger partial charge in [0, 0.05) is 37.3 Å². The van der Waals surface area contributed by atoms with Gasteiger partial charge in [0.2, 0.25) is 5.91 Å². The van der Waals surface area contributed by atoms with E-state index in [-0.39, 0.29) is 11.9 Å². The first-order valence-corrected chi connectivity index (χ1v) is 13.1. The van der Waals surface area contributed by atoms with Gasteiger partial charge in [-0.3, -0.25) is 13.9 Å². The molecule has 14 heteroatoms. The quantitative estimate of drug-likeness (QED) is 0.310. The Hall–Kier alpha value is -4.39. The minimum absolute atomic E-state index is 0.193. The van der Waals surface area contributed by atoms with E-state index in [2.05, 4.69) is 37.4 Å². The molecule has 6 rings (SSSR count). The van der Waals surface area contributed by atoms with E-state index in [1.807, 2.05) is 60.0 Å². The summed E-state index contributed by atoms with van der Waals surface area (Å²) in [7, 11) is 0. The number of carboxylic acid groups (broad SMARTS) is 1. The highest BCUT2D eigenvalue weighted by Crippen LogP contribution is 2.31. The lowest BCUT2D eigenvalue weighted by atomic mass is 10.1. The zero-order valence-electron chi connectivity index (χ0n) is 22.0. The number of carbonyl (C=O) groups is 2. The molecule has 0 spiro atoms. The maximum atomic E-state index is 11.9. The van der Waals surface area contributed by atoms with Crippen molar-refractivity contribution in [1.29, 1.82) is 0 Å². The van der Waals surface area contributed by atoms with E-state index >= 15 is 0 Å². The van der Waals surface area contributed by atoms with E-state index in [0.717, 1.165) is 39.5 Å². The maximum absolute atomic E-state index is 11.9. The van der Waals surface area contributed by atoms with E-state index in [9.17, 15) is 18.0 Å². The number of halogens is 4. The summed E-state index contributed by atoms with van der Waals surface area (Å²) in [5.41, 5.74) is 5.93. The van der Waals surface area contributed by atoms with Crippen LogP contribution in [-0.2, 0) is 16.1 Å². The van der Waals surface area contributed by atoms with Gasteiger partial charge in [-0.2, -0.15) is 18.3 Å². The number of carbonyl (C=O) groups excluding carboxylic acids is 1. The molecule has 5 heterocycles. The molecule has 1 amide bonds. The minimum atomic E-state index is -5.08. The van der Waals surface area contributed by atoms with Gasteiger partial charge >= 0.3 is 12.1 Å². The van der Waals surface area contributed by atoms with Gasteiger partial charge < -0.3 is 14.6 Å². The molecular formula is C27H25ClF3N7O3. The number of aryl methyl sites for hydroxylation is 1. The van der Waals surface area contributed by atoms with Crippen molar-refractivity contribution in [3.05, 3.63) is 71.1 Å². The van der Waals surface area contributed by atoms with Crippen LogP contribution in [0.15, 0.2) is 54.7 Å². The van der Waals surface area contributed by atoms with E-state index < -0.39 is 12.1 Å². The minimum Gasteiger partial charge on any atom is -0.475 e. The van der Waals surface area contributed by atoms with E-state index in [4.69, 9.17) is 26.6 Å². The third-order valence-corrected chi connectivity index (χ3v) is 7.07. The highest BCUT2D eigenvalue weighted by Gasteiger charge is 2.38. The second kappa shape index (κ2) is 10.9. The number of amides is 1. The van der Waals surface area contributed by atoms with Crippen LogP contribution < -0.4 is 0 Å². The molecule has 1 saturated heterocycles. The fourth-order valence-corrected chi connectivity index (χ4v) is 4.98. The summed E-state index contributed by atoms with van der Waals surface area (Å²) in [6.07, 6.45) is -2.54. The number of hydrogen-bond donors (Lipinski definition) is 1. The molecule has 1 aliphatic rings. The number of benzene rings is 1. The molecular weight excluding hydrogens is 563 g/mol. The normalized spacial score (nSPS) is 13.8. The number of aliphatic carboxylic acids is 1. The number of rotatable bonds is 5. The van der Waals surface area contributed by atoms with Crippen molar-refractivity contribution in [3.63, 3.8) is 0 Å². The predicted molar refractivity (Wildman–Crippen MR) is 145 cm³/mol. The van der Waals surface area contributed by atoms with Crippen LogP contribution >= 0.6 is 11.6 Å². The molecule has 0 radical (unpaired) electrons. The van der Waals surface area contributed by atoms with Crippen molar-refractivity contribution >= 4 is 40.2 Å². The van der Waals surface area contributed by atoms with Gasteiger partial charge in [-0.25, -0.2) is 4.79 Å². The zero-order chi connectivity index (χ0) is 29.5. The third kappa shape index (κ3) is 5.62. The molecule has 214 valence electrons. The molecule has 1 aromatic carbocycles.